The first-order valence-corrected chi connectivity index (χ1v) is 9.54. The molecule has 1 amide bonds. The molecule has 3 rings (SSSR count). The molecule has 1 aliphatic rings. The second-order valence-corrected chi connectivity index (χ2v) is 6.91. The van der Waals surface area contributed by atoms with Crippen LogP contribution in [0.2, 0.25) is 0 Å². The standard InChI is InChI=1S/C17H23N5O2S/c1-2-22-13-18-20-17(22)25-12-16(23)19-15-5-3-14(4-6-15)11-21-7-9-24-10-8-21/h3-6,13H,2,7-12H2,1H3,(H,19,23)/p+1. The lowest BCUT2D eigenvalue weighted by atomic mass is 10.2. The largest absolute Gasteiger partial charge is 0.370 e. The molecule has 2 heterocycles. The number of amides is 1. The van der Waals surface area contributed by atoms with Crippen molar-refractivity contribution in [1.82, 2.24) is 14.8 Å². The SMILES string of the molecule is CCn1cnnc1SCC(=O)Nc1ccc(C[NH+]2CCOCC2)cc1. The zero-order valence-corrected chi connectivity index (χ0v) is 15.2. The van der Waals surface area contributed by atoms with E-state index in [0.29, 0.717) is 5.75 Å². The Hall–Kier alpha value is -1.90. The minimum Gasteiger partial charge on any atom is -0.370 e. The van der Waals surface area contributed by atoms with E-state index in [1.54, 1.807) is 11.2 Å². The number of quaternary nitrogens is 1. The first-order valence-electron chi connectivity index (χ1n) is 8.55. The van der Waals surface area contributed by atoms with Gasteiger partial charge in [-0.15, -0.1) is 10.2 Å². The average Bonchev–Trinajstić information content (AvgIpc) is 3.10. The van der Waals surface area contributed by atoms with E-state index < -0.39 is 0 Å². The van der Waals surface area contributed by atoms with Gasteiger partial charge in [-0.25, -0.2) is 0 Å². The van der Waals surface area contributed by atoms with Crippen LogP contribution in [0, 0.1) is 0 Å². The number of hydrogen-bond donors (Lipinski definition) is 2. The van der Waals surface area contributed by atoms with Crippen LogP contribution in [0.25, 0.3) is 0 Å². The quantitative estimate of drug-likeness (QED) is 0.700. The number of hydrogen-bond acceptors (Lipinski definition) is 5. The number of nitrogens with one attached hydrogen (secondary N) is 2. The zero-order valence-electron chi connectivity index (χ0n) is 14.4. The first kappa shape index (κ1) is 17.9. The van der Waals surface area contributed by atoms with E-state index in [9.17, 15) is 4.79 Å². The van der Waals surface area contributed by atoms with Crippen molar-refractivity contribution in [3.63, 3.8) is 0 Å². The number of ether oxygens (including phenoxy) is 1. The van der Waals surface area contributed by atoms with Crippen LogP contribution in [0.1, 0.15) is 12.5 Å². The van der Waals surface area contributed by atoms with E-state index >= 15 is 0 Å². The number of aromatic nitrogens is 3. The highest BCUT2D eigenvalue weighted by Crippen LogP contribution is 2.15. The highest BCUT2D eigenvalue weighted by atomic mass is 32.2. The Labute approximate surface area is 151 Å². The molecule has 0 saturated carbocycles. The van der Waals surface area contributed by atoms with Crippen molar-refractivity contribution in [2.75, 3.05) is 37.4 Å². The molecule has 1 saturated heterocycles. The van der Waals surface area contributed by atoms with Gasteiger partial charge in [-0.2, -0.15) is 0 Å². The van der Waals surface area contributed by atoms with Crippen molar-refractivity contribution in [3.05, 3.63) is 36.2 Å². The van der Waals surface area contributed by atoms with E-state index in [2.05, 4.69) is 27.6 Å². The topological polar surface area (TPSA) is 73.5 Å². The Morgan fingerprint density at radius 2 is 2.08 bits per heavy atom. The predicted octanol–water partition coefficient (Wildman–Crippen LogP) is 0.444. The summed E-state index contributed by atoms with van der Waals surface area (Å²) in [5.41, 5.74) is 2.10. The molecule has 0 spiro atoms. The Balaban J connectivity index is 1.46. The molecular formula is C17H24N5O2S+. The van der Waals surface area contributed by atoms with Crippen molar-refractivity contribution in [1.29, 1.82) is 0 Å². The van der Waals surface area contributed by atoms with Gasteiger partial charge in [0.15, 0.2) is 5.16 Å². The Morgan fingerprint density at radius 1 is 1.32 bits per heavy atom. The van der Waals surface area contributed by atoms with Crippen LogP contribution in [0.5, 0.6) is 0 Å². The van der Waals surface area contributed by atoms with E-state index in [0.717, 1.165) is 50.2 Å². The van der Waals surface area contributed by atoms with Gasteiger partial charge in [0.2, 0.25) is 5.91 Å². The normalized spacial score (nSPS) is 15.2. The van der Waals surface area contributed by atoms with Gasteiger partial charge in [0, 0.05) is 17.8 Å². The van der Waals surface area contributed by atoms with Gasteiger partial charge < -0.3 is 19.5 Å². The van der Waals surface area contributed by atoms with Crippen molar-refractivity contribution in [3.8, 4) is 0 Å². The van der Waals surface area contributed by atoms with Crippen LogP contribution in [0.3, 0.4) is 0 Å². The van der Waals surface area contributed by atoms with Gasteiger partial charge in [0.05, 0.1) is 19.0 Å². The summed E-state index contributed by atoms with van der Waals surface area (Å²) in [6.45, 7) is 7.60. The third-order valence-corrected chi connectivity index (χ3v) is 5.13. The zero-order chi connectivity index (χ0) is 17.5. The maximum atomic E-state index is 12.1. The fourth-order valence-electron chi connectivity index (χ4n) is 2.73. The highest BCUT2D eigenvalue weighted by molar-refractivity contribution is 7.99. The first-order chi connectivity index (χ1) is 12.2. The number of aryl methyl sites for hydroxylation is 1. The highest BCUT2D eigenvalue weighted by Gasteiger charge is 2.14. The molecule has 134 valence electrons. The summed E-state index contributed by atoms with van der Waals surface area (Å²) in [5, 5.41) is 11.6. The fourth-order valence-corrected chi connectivity index (χ4v) is 3.51. The summed E-state index contributed by atoms with van der Waals surface area (Å²) in [7, 11) is 0. The summed E-state index contributed by atoms with van der Waals surface area (Å²) in [6, 6.07) is 8.09. The van der Waals surface area contributed by atoms with Gasteiger partial charge in [-0.3, -0.25) is 4.79 Å². The van der Waals surface area contributed by atoms with Crippen LogP contribution in [0.15, 0.2) is 35.7 Å². The average molecular weight is 362 g/mol. The summed E-state index contributed by atoms with van der Waals surface area (Å²) in [6.07, 6.45) is 1.68. The van der Waals surface area contributed by atoms with Crippen molar-refractivity contribution in [2.45, 2.75) is 25.2 Å². The molecule has 25 heavy (non-hydrogen) atoms. The molecule has 2 N–H and O–H groups in total. The minimum atomic E-state index is -0.0396. The Bertz CT molecular complexity index is 683. The fraction of sp³-hybridized carbons (Fsp3) is 0.471. The number of rotatable bonds is 7. The van der Waals surface area contributed by atoms with Crippen LogP contribution in [-0.2, 0) is 22.6 Å². The molecule has 8 heteroatoms. The lowest BCUT2D eigenvalue weighted by Gasteiger charge is -2.23. The second kappa shape index (κ2) is 8.98. The number of morpholine rings is 1. The van der Waals surface area contributed by atoms with Gasteiger partial charge in [0.1, 0.15) is 26.0 Å². The smallest absolute Gasteiger partial charge is 0.234 e. The van der Waals surface area contributed by atoms with Crippen molar-refractivity contribution < 1.29 is 14.4 Å². The molecule has 7 nitrogen and oxygen atoms in total. The van der Waals surface area contributed by atoms with E-state index in [1.165, 1.54) is 17.3 Å². The monoisotopic (exact) mass is 362 g/mol. The maximum Gasteiger partial charge on any atom is 0.234 e. The molecule has 0 bridgehead atoms. The molecule has 0 aliphatic carbocycles. The number of carbonyl (C=O) groups excluding carboxylic acids is 1. The number of benzene rings is 1. The molecule has 0 unspecified atom stereocenters. The molecule has 2 aromatic rings. The van der Waals surface area contributed by atoms with Crippen LogP contribution < -0.4 is 10.2 Å². The summed E-state index contributed by atoms with van der Waals surface area (Å²) in [5.74, 6) is 0.278. The third-order valence-electron chi connectivity index (χ3n) is 4.14. The number of anilines is 1. The molecule has 1 fully saturated rings. The van der Waals surface area contributed by atoms with Crippen molar-refractivity contribution >= 4 is 23.4 Å². The molecule has 0 atom stereocenters. The van der Waals surface area contributed by atoms with Gasteiger partial charge >= 0.3 is 0 Å². The summed E-state index contributed by atoms with van der Waals surface area (Å²) >= 11 is 1.39. The van der Waals surface area contributed by atoms with Crippen LogP contribution in [0.4, 0.5) is 5.69 Å². The number of nitrogens with zero attached hydrogens (tertiary/aromatic N) is 3. The Morgan fingerprint density at radius 3 is 2.80 bits per heavy atom. The Kier molecular flexibility index (Phi) is 6.43. The van der Waals surface area contributed by atoms with E-state index in [1.807, 2.05) is 23.6 Å². The van der Waals surface area contributed by atoms with E-state index in [-0.39, 0.29) is 5.91 Å². The lowest BCUT2D eigenvalue weighted by molar-refractivity contribution is -0.921. The van der Waals surface area contributed by atoms with Gasteiger partial charge in [-0.05, 0) is 19.1 Å². The molecule has 0 radical (unpaired) electrons. The van der Waals surface area contributed by atoms with Gasteiger partial charge in [-0.1, -0.05) is 23.9 Å². The second-order valence-electron chi connectivity index (χ2n) is 5.97. The maximum absolute atomic E-state index is 12.1. The van der Waals surface area contributed by atoms with Crippen LogP contribution in [-0.4, -0.2) is 52.7 Å². The minimum absolute atomic E-state index is 0.0396. The molecular weight excluding hydrogens is 338 g/mol. The molecule has 1 aromatic heterocycles. The van der Waals surface area contributed by atoms with Gasteiger partial charge in [0.25, 0.3) is 0 Å². The van der Waals surface area contributed by atoms with E-state index in [4.69, 9.17) is 4.74 Å². The summed E-state index contributed by atoms with van der Waals surface area (Å²) in [4.78, 5) is 13.6. The molecule has 1 aliphatic heterocycles. The van der Waals surface area contributed by atoms with Crippen molar-refractivity contribution in [2.24, 2.45) is 0 Å². The third kappa shape index (κ3) is 5.29. The summed E-state index contributed by atoms with van der Waals surface area (Å²) < 4.78 is 7.30. The van der Waals surface area contributed by atoms with Crippen LogP contribution >= 0.6 is 11.8 Å². The predicted molar refractivity (Wildman–Crippen MR) is 96.7 cm³/mol. The molecule has 1 aromatic carbocycles. The number of carbonyl (C=O) groups is 1. The number of thioether (sulfide) groups is 1. The lowest BCUT2D eigenvalue weighted by Crippen LogP contribution is -3.12.